The third-order valence-corrected chi connectivity index (χ3v) is 2.68. The molecule has 0 aliphatic heterocycles. The molecule has 0 aliphatic carbocycles. The van der Waals surface area contributed by atoms with Gasteiger partial charge in [-0.3, -0.25) is 5.73 Å². The lowest BCUT2D eigenvalue weighted by Gasteiger charge is -1.99. The first kappa shape index (κ1) is 13.7. The Labute approximate surface area is 95.0 Å². The molecule has 14 heavy (non-hydrogen) atoms. The van der Waals surface area contributed by atoms with Gasteiger partial charge in [0.1, 0.15) is 0 Å². The number of benzene rings is 1. The highest BCUT2D eigenvalue weighted by Gasteiger charge is 2.22. The third-order valence-electron chi connectivity index (χ3n) is 1.86. The lowest BCUT2D eigenvalue weighted by Crippen LogP contribution is -2.15. The zero-order valence-electron chi connectivity index (χ0n) is 7.67. The average molecular weight is 279 g/mol. The van der Waals surface area contributed by atoms with E-state index in [2.05, 4.69) is 0 Å². The first-order chi connectivity index (χ1) is 6.20. The molecule has 0 bridgehead atoms. The van der Waals surface area contributed by atoms with E-state index in [1.54, 1.807) is 0 Å². The van der Waals surface area contributed by atoms with Gasteiger partial charge in [-0.1, -0.05) is 30.3 Å². The number of rotatable bonds is 4. The lowest BCUT2D eigenvalue weighted by atomic mass is 10.1. The quantitative estimate of drug-likeness (QED) is 0.830. The van der Waals surface area contributed by atoms with E-state index in [-0.39, 0.29) is 17.0 Å². The molecule has 0 aromatic heterocycles. The molecule has 3 N–H and O–H groups in total. The third kappa shape index (κ3) is 4.82. The molecular weight excluding hydrogens is 265 g/mol. The Morgan fingerprint density at radius 2 is 1.93 bits per heavy atom. The molecule has 0 spiro atoms. The topological polar surface area (TPSA) is 63.3 Å². The number of nitrogens with two attached hydrogens (primary N) is 1. The van der Waals surface area contributed by atoms with Gasteiger partial charge in [0, 0.05) is 6.42 Å². The fraction of sp³-hybridized carbons (Fsp3) is 0.333. The number of aryl methyl sites for hydroxylation is 1. The van der Waals surface area contributed by atoms with Crippen LogP contribution < -0.4 is 5.73 Å². The predicted octanol–water partition coefficient (Wildman–Crippen LogP) is 2.22. The van der Waals surface area contributed by atoms with Crippen molar-refractivity contribution in [2.75, 3.05) is 0 Å². The zero-order chi connectivity index (χ0) is 9.68. The van der Waals surface area contributed by atoms with E-state index in [1.807, 2.05) is 30.3 Å². The van der Waals surface area contributed by atoms with Crippen LogP contribution in [0.2, 0.25) is 0 Å². The van der Waals surface area contributed by atoms with Crippen molar-refractivity contribution < 1.29 is 9.46 Å². The smallest absolute Gasteiger partial charge is 0.285 e. The van der Waals surface area contributed by atoms with E-state index in [0.717, 1.165) is 12.0 Å². The highest BCUT2D eigenvalue weighted by Crippen LogP contribution is 2.21. The van der Waals surface area contributed by atoms with Gasteiger partial charge >= 0.3 is 8.03 Å². The van der Waals surface area contributed by atoms with Gasteiger partial charge in [0.25, 0.3) is 0 Å². The molecule has 2 unspecified atom stereocenters. The fourth-order valence-corrected chi connectivity index (χ4v) is 1.42. The Hall–Kier alpha value is -0.280. The fourth-order valence-electron chi connectivity index (χ4n) is 1.07. The van der Waals surface area contributed by atoms with Gasteiger partial charge in [0.2, 0.25) is 5.78 Å². The van der Waals surface area contributed by atoms with Crippen molar-refractivity contribution >= 4 is 25.0 Å². The van der Waals surface area contributed by atoms with Crippen molar-refractivity contribution in [3.8, 4) is 0 Å². The maximum Gasteiger partial charge on any atom is 0.524 e. The summed E-state index contributed by atoms with van der Waals surface area (Å²) in [6.07, 6.45) is 1.30. The Balaban J connectivity index is 0.00000169. The van der Waals surface area contributed by atoms with Crippen molar-refractivity contribution in [1.29, 1.82) is 0 Å². The summed E-state index contributed by atoms with van der Waals surface area (Å²) in [7, 11) is -2.23. The highest BCUT2D eigenvalue weighted by atomic mass is 79.9. The summed E-state index contributed by atoms with van der Waals surface area (Å²) in [6, 6.07) is 9.80. The van der Waals surface area contributed by atoms with E-state index in [0.29, 0.717) is 6.42 Å². The van der Waals surface area contributed by atoms with Gasteiger partial charge in [-0.05, 0) is 16.5 Å². The van der Waals surface area contributed by atoms with Gasteiger partial charge in [0.15, 0.2) is 0 Å². The largest absolute Gasteiger partial charge is 0.524 e. The lowest BCUT2D eigenvalue weighted by molar-refractivity contribution is 0.485. The molecule has 1 aromatic carbocycles. The standard InChI is InChI=1S/C9H12NO2P.BrH/c10-9(13(11)12)7-6-8-4-2-1-3-5-8;/h1-5,9H,6-7,10H2;1H/p+1. The van der Waals surface area contributed by atoms with Gasteiger partial charge in [-0.15, -0.1) is 17.0 Å². The molecule has 0 aliphatic rings. The van der Waals surface area contributed by atoms with Gasteiger partial charge in [-0.25, -0.2) is 0 Å². The molecule has 3 nitrogen and oxygen atoms in total. The molecule has 1 aromatic rings. The van der Waals surface area contributed by atoms with Crippen LogP contribution in [0, 0.1) is 0 Å². The predicted molar refractivity (Wildman–Crippen MR) is 62.9 cm³/mol. The van der Waals surface area contributed by atoms with E-state index < -0.39 is 13.8 Å². The molecule has 0 amide bonds. The minimum Gasteiger partial charge on any atom is -0.285 e. The van der Waals surface area contributed by atoms with Crippen LogP contribution in [-0.2, 0) is 11.0 Å². The van der Waals surface area contributed by atoms with Crippen molar-refractivity contribution in [3.63, 3.8) is 0 Å². The van der Waals surface area contributed by atoms with Crippen LogP contribution in [0.25, 0.3) is 0 Å². The van der Waals surface area contributed by atoms with Crippen molar-refractivity contribution in [2.45, 2.75) is 18.6 Å². The molecule has 0 heterocycles. The SMILES string of the molecule is Br.NC(CCc1ccccc1)[P+](=O)O. The van der Waals surface area contributed by atoms with Crippen LogP contribution in [0.3, 0.4) is 0 Å². The van der Waals surface area contributed by atoms with Crippen LogP contribution >= 0.6 is 25.0 Å². The Bertz CT molecular complexity index is 281. The minimum absolute atomic E-state index is 0. The molecule has 0 radical (unpaired) electrons. The molecule has 0 fully saturated rings. The Morgan fingerprint density at radius 3 is 2.43 bits per heavy atom. The monoisotopic (exact) mass is 278 g/mol. The van der Waals surface area contributed by atoms with Gasteiger partial charge in [-0.2, -0.15) is 4.89 Å². The molecule has 0 saturated heterocycles. The molecule has 78 valence electrons. The second kappa shape index (κ2) is 7.07. The van der Waals surface area contributed by atoms with Crippen LogP contribution in [-0.4, -0.2) is 10.7 Å². The average Bonchev–Trinajstić information content (AvgIpc) is 2.15. The van der Waals surface area contributed by atoms with Crippen LogP contribution in [0.4, 0.5) is 0 Å². The summed E-state index contributed by atoms with van der Waals surface area (Å²) >= 11 is 0. The molecule has 1 rings (SSSR count). The number of hydrogen-bond donors (Lipinski definition) is 2. The first-order valence-electron chi connectivity index (χ1n) is 4.15. The minimum atomic E-state index is -2.23. The molecular formula is C9H14BrNO2P+. The van der Waals surface area contributed by atoms with Crippen molar-refractivity contribution in [1.82, 2.24) is 0 Å². The van der Waals surface area contributed by atoms with E-state index in [1.165, 1.54) is 0 Å². The second-order valence-corrected chi connectivity index (χ2v) is 4.16. The Kier molecular flexibility index (Phi) is 6.93. The molecule has 5 heteroatoms. The summed E-state index contributed by atoms with van der Waals surface area (Å²) in [5.74, 6) is -0.602. The van der Waals surface area contributed by atoms with Crippen LogP contribution in [0.1, 0.15) is 12.0 Å². The van der Waals surface area contributed by atoms with Crippen LogP contribution in [0.5, 0.6) is 0 Å². The van der Waals surface area contributed by atoms with E-state index in [9.17, 15) is 4.57 Å². The summed E-state index contributed by atoms with van der Waals surface area (Å²) in [5.41, 5.74) is 6.58. The molecule has 2 atom stereocenters. The molecule has 0 saturated carbocycles. The summed E-state index contributed by atoms with van der Waals surface area (Å²) in [5, 5.41) is 0. The van der Waals surface area contributed by atoms with E-state index >= 15 is 0 Å². The van der Waals surface area contributed by atoms with Crippen molar-refractivity contribution in [3.05, 3.63) is 35.9 Å². The number of halogens is 1. The van der Waals surface area contributed by atoms with E-state index in [4.69, 9.17) is 10.6 Å². The maximum absolute atomic E-state index is 10.5. The summed E-state index contributed by atoms with van der Waals surface area (Å²) in [4.78, 5) is 8.68. The summed E-state index contributed by atoms with van der Waals surface area (Å²) < 4.78 is 10.5. The Morgan fingerprint density at radius 1 is 1.36 bits per heavy atom. The number of hydrogen-bond acceptors (Lipinski definition) is 2. The zero-order valence-corrected chi connectivity index (χ0v) is 10.3. The summed E-state index contributed by atoms with van der Waals surface area (Å²) in [6.45, 7) is 0. The highest BCUT2D eigenvalue weighted by molar-refractivity contribution is 8.93. The van der Waals surface area contributed by atoms with Crippen molar-refractivity contribution in [2.24, 2.45) is 5.73 Å². The van der Waals surface area contributed by atoms with Gasteiger partial charge < -0.3 is 0 Å². The normalized spacial score (nSPS) is 12.9. The first-order valence-corrected chi connectivity index (χ1v) is 5.43. The maximum atomic E-state index is 10.5. The van der Waals surface area contributed by atoms with Gasteiger partial charge in [0.05, 0.1) is 0 Å². The van der Waals surface area contributed by atoms with Crippen LogP contribution in [0.15, 0.2) is 30.3 Å². The second-order valence-electron chi connectivity index (χ2n) is 2.89.